The Balaban J connectivity index is 1.43. The summed E-state index contributed by atoms with van der Waals surface area (Å²) in [5.74, 6) is 1.09. The minimum absolute atomic E-state index is 0.0532. The quantitative estimate of drug-likeness (QED) is 0.889. The summed E-state index contributed by atoms with van der Waals surface area (Å²) >= 11 is 0. The predicted molar refractivity (Wildman–Crippen MR) is 90.1 cm³/mol. The van der Waals surface area contributed by atoms with Crippen LogP contribution in [-0.4, -0.2) is 29.0 Å². The zero-order valence-corrected chi connectivity index (χ0v) is 13.2. The number of nitrogens with zero attached hydrogens (tertiary/aromatic N) is 3. The largest absolute Gasteiger partial charge is 0.357 e. The number of aryl methyl sites for hydroxylation is 1. The van der Waals surface area contributed by atoms with E-state index in [-0.39, 0.29) is 5.91 Å². The van der Waals surface area contributed by atoms with Gasteiger partial charge >= 0.3 is 0 Å². The third kappa shape index (κ3) is 4.52. The highest BCUT2D eigenvalue weighted by atomic mass is 16.1. The van der Waals surface area contributed by atoms with Crippen LogP contribution < -0.4 is 10.2 Å². The van der Waals surface area contributed by atoms with Crippen LogP contribution in [0.3, 0.4) is 0 Å². The molecule has 0 atom stereocenters. The number of pyridine rings is 2. The van der Waals surface area contributed by atoms with Gasteiger partial charge in [-0.3, -0.25) is 9.78 Å². The maximum Gasteiger partial charge on any atom is 0.220 e. The van der Waals surface area contributed by atoms with Crippen molar-refractivity contribution in [1.29, 1.82) is 0 Å². The molecule has 1 fully saturated rings. The second-order valence-electron chi connectivity index (χ2n) is 5.86. The van der Waals surface area contributed by atoms with Gasteiger partial charge in [-0.25, -0.2) is 4.98 Å². The maximum absolute atomic E-state index is 11.9. The first-order valence-corrected chi connectivity index (χ1v) is 8.17. The second kappa shape index (κ2) is 7.72. The van der Waals surface area contributed by atoms with E-state index in [2.05, 4.69) is 20.2 Å². The van der Waals surface area contributed by atoms with Crippen LogP contribution in [0.4, 0.5) is 5.82 Å². The summed E-state index contributed by atoms with van der Waals surface area (Å²) in [6.07, 6.45) is 9.08. The summed E-state index contributed by atoms with van der Waals surface area (Å²) in [6, 6.07) is 7.96. The fraction of sp³-hybridized carbons (Fsp3) is 0.389. The summed E-state index contributed by atoms with van der Waals surface area (Å²) in [6.45, 7) is 2.72. The molecule has 1 amide bonds. The molecule has 0 spiro atoms. The second-order valence-corrected chi connectivity index (χ2v) is 5.86. The number of amides is 1. The number of hydrogen-bond donors (Lipinski definition) is 1. The molecule has 2 aromatic heterocycles. The number of aromatic nitrogens is 2. The molecule has 3 rings (SSSR count). The lowest BCUT2D eigenvalue weighted by Crippen LogP contribution is -2.23. The average Bonchev–Trinajstić information content (AvgIpc) is 3.14. The van der Waals surface area contributed by atoms with Gasteiger partial charge in [0.25, 0.3) is 0 Å². The molecule has 2 aromatic rings. The number of carbonyl (C=O) groups excluding carboxylic acids is 1. The molecule has 5 nitrogen and oxygen atoms in total. The van der Waals surface area contributed by atoms with Gasteiger partial charge in [0.15, 0.2) is 0 Å². The molecule has 23 heavy (non-hydrogen) atoms. The van der Waals surface area contributed by atoms with E-state index in [1.165, 1.54) is 12.8 Å². The van der Waals surface area contributed by atoms with Crippen molar-refractivity contribution in [2.45, 2.75) is 32.2 Å². The minimum Gasteiger partial charge on any atom is -0.357 e. The van der Waals surface area contributed by atoms with E-state index in [9.17, 15) is 4.79 Å². The molecule has 0 bridgehead atoms. The van der Waals surface area contributed by atoms with Crippen LogP contribution >= 0.6 is 0 Å². The molecule has 3 heterocycles. The van der Waals surface area contributed by atoms with Crippen LogP contribution in [0, 0.1) is 0 Å². The van der Waals surface area contributed by atoms with E-state index < -0.39 is 0 Å². The number of nitrogens with one attached hydrogen (secondary N) is 1. The van der Waals surface area contributed by atoms with Crippen molar-refractivity contribution >= 4 is 11.7 Å². The molecule has 1 aliphatic heterocycles. The minimum atomic E-state index is 0.0532. The predicted octanol–water partition coefficient (Wildman–Crippen LogP) is 2.33. The molecule has 0 aromatic carbocycles. The van der Waals surface area contributed by atoms with Crippen molar-refractivity contribution in [3.8, 4) is 0 Å². The van der Waals surface area contributed by atoms with Gasteiger partial charge in [-0.05, 0) is 42.5 Å². The lowest BCUT2D eigenvalue weighted by molar-refractivity contribution is -0.121. The van der Waals surface area contributed by atoms with Crippen molar-refractivity contribution in [3.05, 3.63) is 54.0 Å². The van der Waals surface area contributed by atoms with Gasteiger partial charge in [0, 0.05) is 44.6 Å². The van der Waals surface area contributed by atoms with Crippen molar-refractivity contribution in [2.24, 2.45) is 0 Å². The molecule has 0 aliphatic carbocycles. The van der Waals surface area contributed by atoms with Crippen LogP contribution in [0.1, 0.15) is 30.4 Å². The molecular formula is C18H22N4O. The van der Waals surface area contributed by atoms with Crippen LogP contribution in [0.5, 0.6) is 0 Å². The first kappa shape index (κ1) is 15.5. The Morgan fingerprint density at radius 2 is 2.00 bits per heavy atom. The van der Waals surface area contributed by atoms with Crippen molar-refractivity contribution in [3.63, 3.8) is 0 Å². The van der Waals surface area contributed by atoms with E-state index in [1.54, 1.807) is 12.4 Å². The molecule has 0 saturated carbocycles. The van der Waals surface area contributed by atoms with E-state index in [0.717, 1.165) is 30.0 Å². The van der Waals surface area contributed by atoms with Crippen LogP contribution in [-0.2, 0) is 17.8 Å². The van der Waals surface area contributed by atoms with Crippen LogP contribution in [0.15, 0.2) is 42.9 Å². The van der Waals surface area contributed by atoms with Gasteiger partial charge in [-0.15, -0.1) is 0 Å². The fourth-order valence-corrected chi connectivity index (χ4v) is 2.75. The number of carbonyl (C=O) groups is 1. The van der Waals surface area contributed by atoms with Crippen molar-refractivity contribution < 1.29 is 4.79 Å². The van der Waals surface area contributed by atoms with Gasteiger partial charge in [-0.1, -0.05) is 12.1 Å². The SMILES string of the molecule is O=C(CCc1cccnc1)NCc1ccc(N2CCCC2)nc1. The Hall–Kier alpha value is -2.43. The molecule has 1 aliphatic rings. The normalized spacial score (nSPS) is 14.0. The molecule has 0 unspecified atom stereocenters. The van der Waals surface area contributed by atoms with E-state index in [0.29, 0.717) is 19.4 Å². The van der Waals surface area contributed by atoms with Crippen LogP contribution in [0.2, 0.25) is 0 Å². The molecule has 120 valence electrons. The van der Waals surface area contributed by atoms with Crippen molar-refractivity contribution in [1.82, 2.24) is 15.3 Å². The smallest absolute Gasteiger partial charge is 0.220 e. The van der Waals surface area contributed by atoms with Gasteiger partial charge < -0.3 is 10.2 Å². The Kier molecular flexibility index (Phi) is 5.19. The zero-order chi connectivity index (χ0) is 15.9. The monoisotopic (exact) mass is 310 g/mol. The van der Waals surface area contributed by atoms with Gasteiger partial charge in [0.2, 0.25) is 5.91 Å². The third-order valence-corrected chi connectivity index (χ3v) is 4.09. The summed E-state index contributed by atoms with van der Waals surface area (Å²) < 4.78 is 0. The number of anilines is 1. The molecule has 1 saturated heterocycles. The number of rotatable bonds is 6. The third-order valence-electron chi connectivity index (χ3n) is 4.09. The Morgan fingerprint density at radius 3 is 2.70 bits per heavy atom. The lowest BCUT2D eigenvalue weighted by Gasteiger charge is -2.16. The topological polar surface area (TPSA) is 58.1 Å². The zero-order valence-electron chi connectivity index (χ0n) is 13.2. The van der Waals surface area contributed by atoms with E-state index in [4.69, 9.17) is 0 Å². The average molecular weight is 310 g/mol. The summed E-state index contributed by atoms with van der Waals surface area (Å²) in [5.41, 5.74) is 2.11. The van der Waals surface area contributed by atoms with Crippen molar-refractivity contribution in [2.75, 3.05) is 18.0 Å². The first-order chi connectivity index (χ1) is 11.3. The summed E-state index contributed by atoms with van der Waals surface area (Å²) in [4.78, 5) is 22.8. The number of hydrogen-bond acceptors (Lipinski definition) is 4. The molecule has 5 heteroatoms. The van der Waals surface area contributed by atoms with Gasteiger partial charge in [-0.2, -0.15) is 0 Å². The van der Waals surface area contributed by atoms with E-state index in [1.807, 2.05) is 30.5 Å². The Labute approximate surface area is 136 Å². The highest BCUT2D eigenvalue weighted by molar-refractivity contribution is 5.76. The molecular weight excluding hydrogens is 288 g/mol. The Bertz CT molecular complexity index is 621. The van der Waals surface area contributed by atoms with E-state index >= 15 is 0 Å². The van der Waals surface area contributed by atoms with Gasteiger partial charge in [0.1, 0.15) is 5.82 Å². The first-order valence-electron chi connectivity index (χ1n) is 8.17. The lowest BCUT2D eigenvalue weighted by atomic mass is 10.1. The fourth-order valence-electron chi connectivity index (χ4n) is 2.75. The highest BCUT2D eigenvalue weighted by Crippen LogP contribution is 2.17. The summed E-state index contributed by atoms with van der Waals surface area (Å²) in [7, 11) is 0. The maximum atomic E-state index is 11.9. The van der Waals surface area contributed by atoms with Gasteiger partial charge in [0.05, 0.1) is 0 Å². The highest BCUT2D eigenvalue weighted by Gasteiger charge is 2.13. The standard InChI is InChI=1S/C18H22N4O/c23-18(8-6-15-4-3-9-19-12-15)21-14-16-5-7-17(20-13-16)22-10-1-2-11-22/h3-5,7,9,12-13H,1-2,6,8,10-11,14H2,(H,21,23). The molecule has 0 radical (unpaired) electrons. The van der Waals surface area contributed by atoms with Crippen LogP contribution in [0.25, 0.3) is 0 Å². The summed E-state index contributed by atoms with van der Waals surface area (Å²) in [5, 5.41) is 2.95. The molecule has 1 N–H and O–H groups in total. The Morgan fingerprint density at radius 1 is 1.13 bits per heavy atom.